The number of rotatable bonds is 2. The Morgan fingerprint density at radius 1 is 1.53 bits per heavy atom. The van der Waals surface area contributed by atoms with Crippen LogP contribution in [0.3, 0.4) is 0 Å². The second-order valence-corrected chi connectivity index (χ2v) is 3.71. The molecule has 1 amide bonds. The SMILES string of the molecule is CC[C@H]1Oc2cc(C(=O)OC)ccc2NC1=O. The fraction of sp³-hybridized carbons (Fsp3) is 0.333. The van der Waals surface area contributed by atoms with E-state index >= 15 is 0 Å². The van der Waals surface area contributed by atoms with E-state index in [1.54, 1.807) is 18.2 Å². The molecule has 0 saturated carbocycles. The molecule has 90 valence electrons. The Kier molecular flexibility index (Phi) is 2.99. The summed E-state index contributed by atoms with van der Waals surface area (Å²) in [4.78, 5) is 22.9. The van der Waals surface area contributed by atoms with E-state index in [9.17, 15) is 9.59 Å². The summed E-state index contributed by atoms with van der Waals surface area (Å²) in [5.41, 5.74) is 0.976. The van der Waals surface area contributed by atoms with E-state index in [0.717, 1.165) is 0 Å². The van der Waals surface area contributed by atoms with Crippen LogP contribution in [-0.2, 0) is 9.53 Å². The lowest BCUT2D eigenvalue weighted by Gasteiger charge is -2.25. The Morgan fingerprint density at radius 2 is 2.29 bits per heavy atom. The fourth-order valence-electron chi connectivity index (χ4n) is 1.66. The molecule has 0 spiro atoms. The van der Waals surface area contributed by atoms with Crippen molar-refractivity contribution in [2.45, 2.75) is 19.4 Å². The number of hydrogen-bond acceptors (Lipinski definition) is 4. The van der Waals surface area contributed by atoms with Gasteiger partial charge in [-0.15, -0.1) is 0 Å². The predicted octanol–water partition coefficient (Wildman–Crippen LogP) is 1.58. The molecule has 17 heavy (non-hydrogen) atoms. The number of benzene rings is 1. The molecular weight excluding hydrogens is 222 g/mol. The number of carbonyl (C=O) groups is 2. The lowest BCUT2D eigenvalue weighted by molar-refractivity contribution is -0.123. The van der Waals surface area contributed by atoms with Crippen LogP contribution in [0.2, 0.25) is 0 Å². The highest BCUT2D eigenvalue weighted by Gasteiger charge is 2.26. The molecule has 1 N–H and O–H groups in total. The molecule has 1 aromatic rings. The molecule has 0 unspecified atom stereocenters. The van der Waals surface area contributed by atoms with Gasteiger partial charge in [-0.2, -0.15) is 0 Å². The van der Waals surface area contributed by atoms with Crippen molar-refractivity contribution in [1.29, 1.82) is 0 Å². The maximum atomic E-state index is 11.5. The van der Waals surface area contributed by atoms with Crippen LogP contribution < -0.4 is 10.1 Å². The summed E-state index contributed by atoms with van der Waals surface area (Å²) in [5.74, 6) is -0.0912. The van der Waals surface area contributed by atoms with Crippen LogP contribution in [0.1, 0.15) is 23.7 Å². The molecule has 1 atom stereocenters. The normalized spacial score (nSPS) is 17.8. The van der Waals surface area contributed by atoms with Crippen molar-refractivity contribution in [3.63, 3.8) is 0 Å². The zero-order valence-corrected chi connectivity index (χ0v) is 9.65. The van der Waals surface area contributed by atoms with Crippen LogP contribution in [-0.4, -0.2) is 25.1 Å². The summed E-state index contributed by atoms with van der Waals surface area (Å²) >= 11 is 0. The Bertz CT molecular complexity index is 470. The first-order chi connectivity index (χ1) is 8.15. The first-order valence-corrected chi connectivity index (χ1v) is 5.35. The standard InChI is InChI=1S/C12H13NO4/c1-3-9-11(14)13-8-5-4-7(12(15)16-2)6-10(8)17-9/h4-6,9H,3H2,1-2H3,(H,13,14)/t9-/m1/s1. The highest BCUT2D eigenvalue weighted by molar-refractivity contribution is 5.99. The maximum Gasteiger partial charge on any atom is 0.337 e. The molecule has 1 aliphatic rings. The lowest BCUT2D eigenvalue weighted by atomic mass is 10.1. The first kappa shape index (κ1) is 11.4. The Balaban J connectivity index is 2.33. The average molecular weight is 235 g/mol. The highest BCUT2D eigenvalue weighted by Crippen LogP contribution is 2.31. The number of ether oxygens (including phenoxy) is 2. The summed E-state index contributed by atoms with van der Waals surface area (Å²) in [6.45, 7) is 1.86. The number of carbonyl (C=O) groups excluding carboxylic acids is 2. The summed E-state index contributed by atoms with van der Waals surface area (Å²) in [6.07, 6.45) is 0.0728. The molecule has 0 aliphatic carbocycles. The van der Waals surface area contributed by atoms with Gasteiger partial charge in [-0.25, -0.2) is 4.79 Å². The molecule has 0 bridgehead atoms. The van der Waals surface area contributed by atoms with Gasteiger partial charge >= 0.3 is 5.97 Å². The van der Waals surface area contributed by atoms with Gasteiger partial charge in [0.2, 0.25) is 0 Å². The minimum atomic E-state index is -0.504. The molecule has 0 saturated heterocycles. The molecule has 1 heterocycles. The fourth-order valence-corrected chi connectivity index (χ4v) is 1.66. The summed E-state index contributed by atoms with van der Waals surface area (Å²) in [6, 6.07) is 4.79. The summed E-state index contributed by atoms with van der Waals surface area (Å²) in [5, 5.41) is 2.73. The van der Waals surface area contributed by atoms with Crippen LogP contribution in [0, 0.1) is 0 Å². The second-order valence-electron chi connectivity index (χ2n) is 3.71. The van der Waals surface area contributed by atoms with Crippen molar-refractivity contribution in [2.24, 2.45) is 0 Å². The van der Waals surface area contributed by atoms with Crippen molar-refractivity contribution in [1.82, 2.24) is 0 Å². The lowest BCUT2D eigenvalue weighted by Crippen LogP contribution is -2.36. The van der Waals surface area contributed by atoms with E-state index in [1.807, 2.05) is 6.92 Å². The molecule has 0 aromatic heterocycles. The smallest absolute Gasteiger partial charge is 0.337 e. The van der Waals surface area contributed by atoms with E-state index in [4.69, 9.17) is 4.74 Å². The summed E-state index contributed by atoms with van der Waals surface area (Å²) < 4.78 is 10.1. The Morgan fingerprint density at radius 3 is 2.94 bits per heavy atom. The highest BCUT2D eigenvalue weighted by atomic mass is 16.5. The first-order valence-electron chi connectivity index (χ1n) is 5.35. The molecule has 0 fully saturated rings. The van der Waals surface area contributed by atoms with E-state index < -0.39 is 12.1 Å². The van der Waals surface area contributed by atoms with Crippen molar-refractivity contribution in [2.75, 3.05) is 12.4 Å². The van der Waals surface area contributed by atoms with Crippen molar-refractivity contribution >= 4 is 17.6 Å². The number of esters is 1. The molecule has 5 heteroatoms. The molecule has 0 radical (unpaired) electrons. The predicted molar refractivity (Wildman–Crippen MR) is 61.1 cm³/mol. The van der Waals surface area contributed by atoms with Gasteiger partial charge in [0.05, 0.1) is 18.4 Å². The summed E-state index contributed by atoms with van der Waals surface area (Å²) in [7, 11) is 1.32. The van der Waals surface area contributed by atoms with E-state index in [0.29, 0.717) is 23.4 Å². The number of anilines is 1. The Hall–Kier alpha value is -2.04. The van der Waals surface area contributed by atoms with Gasteiger partial charge in [-0.1, -0.05) is 6.92 Å². The van der Waals surface area contributed by atoms with Gasteiger partial charge in [0.15, 0.2) is 6.10 Å². The molecular formula is C12H13NO4. The number of fused-ring (bicyclic) bond motifs is 1. The third-order valence-corrected chi connectivity index (χ3v) is 2.59. The zero-order chi connectivity index (χ0) is 12.4. The van der Waals surface area contributed by atoms with Gasteiger partial charge in [-0.05, 0) is 24.6 Å². The number of hydrogen-bond donors (Lipinski definition) is 1. The minimum Gasteiger partial charge on any atom is -0.478 e. The van der Waals surface area contributed by atoms with Gasteiger partial charge in [0.1, 0.15) is 5.75 Å². The largest absolute Gasteiger partial charge is 0.478 e. The monoisotopic (exact) mass is 235 g/mol. The van der Waals surface area contributed by atoms with Crippen LogP contribution >= 0.6 is 0 Å². The van der Waals surface area contributed by atoms with Crippen LogP contribution in [0.25, 0.3) is 0 Å². The number of nitrogens with one attached hydrogen (secondary N) is 1. The van der Waals surface area contributed by atoms with E-state index in [1.165, 1.54) is 7.11 Å². The van der Waals surface area contributed by atoms with Crippen LogP contribution in [0.4, 0.5) is 5.69 Å². The third-order valence-electron chi connectivity index (χ3n) is 2.59. The van der Waals surface area contributed by atoms with Crippen molar-refractivity contribution in [3.8, 4) is 5.75 Å². The van der Waals surface area contributed by atoms with Gasteiger partial charge in [0, 0.05) is 0 Å². The molecule has 1 aromatic carbocycles. The molecule has 1 aliphatic heterocycles. The maximum absolute atomic E-state index is 11.5. The van der Waals surface area contributed by atoms with E-state index in [2.05, 4.69) is 10.1 Å². The second kappa shape index (κ2) is 4.45. The van der Waals surface area contributed by atoms with E-state index in [-0.39, 0.29) is 5.91 Å². The number of amides is 1. The average Bonchev–Trinajstić information content (AvgIpc) is 2.36. The third kappa shape index (κ3) is 2.08. The zero-order valence-electron chi connectivity index (χ0n) is 9.65. The van der Waals surface area contributed by atoms with Gasteiger partial charge in [-0.3, -0.25) is 4.79 Å². The number of methoxy groups -OCH3 is 1. The topological polar surface area (TPSA) is 64.6 Å². The van der Waals surface area contributed by atoms with Crippen LogP contribution in [0.5, 0.6) is 5.75 Å². The van der Waals surface area contributed by atoms with Gasteiger partial charge < -0.3 is 14.8 Å². The van der Waals surface area contributed by atoms with Gasteiger partial charge in [0.25, 0.3) is 5.91 Å². The molecule has 2 rings (SSSR count). The van der Waals surface area contributed by atoms with Crippen molar-refractivity contribution < 1.29 is 19.1 Å². The quantitative estimate of drug-likeness (QED) is 0.790. The van der Waals surface area contributed by atoms with Crippen molar-refractivity contribution in [3.05, 3.63) is 23.8 Å². The van der Waals surface area contributed by atoms with Crippen LogP contribution in [0.15, 0.2) is 18.2 Å². The minimum absolute atomic E-state index is 0.161. The molecule has 5 nitrogen and oxygen atoms in total. The Labute approximate surface area is 98.7 Å².